The zero-order valence-corrected chi connectivity index (χ0v) is 13.9. The first-order chi connectivity index (χ1) is 11.8. The van der Waals surface area contributed by atoms with Gasteiger partial charge in [0.2, 0.25) is 5.91 Å². The third kappa shape index (κ3) is 4.70. The molecule has 122 valence electrons. The monoisotopic (exact) mass is 338 g/mol. The van der Waals surface area contributed by atoms with Gasteiger partial charge in [0.15, 0.2) is 0 Å². The van der Waals surface area contributed by atoms with Crippen molar-refractivity contribution in [3.8, 4) is 0 Å². The van der Waals surface area contributed by atoms with Crippen LogP contribution in [0.5, 0.6) is 0 Å². The van der Waals surface area contributed by atoms with Crippen LogP contribution in [-0.4, -0.2) is 26.4 Å². The van der Waals surface area contributed by atoms with Gasteiger partial charge >= 0.3 is 0 Å². The lowest BCUT2D eigenvalue weighted by molar-refractivity contribution is -0.119. The fourth-order valence-corrected chi connectivity index (χ4v) is 3.03. The zero-order chi connectivity index (χ0) is 16.6. The minimum absolute atomic E-state index is 0.00202. The normalized spacial score (nSPS) is 11.8. The summed E-state index contributed by atoms with van der Waals surface area (Å²) in [4.78, 5) is 17.4. The summed E-state index contributed by atoms with van der Waals surface area (Å²) in [7, 11) is 0. The van der Waals surface area contributed by atoms with E-state index in [-0.39, 0.29) is 11.9 Å². The number of thioether (sulfide) groups is 1. The molecule has 1 N–H and O–H groups in total. The van der Waals surface area contributed by atoms with Gasteiger partial charge in [0, 0.05) is 29.7 Å². The Morgan fingerprint density at radius 2 is 1.88 bits per heavy atom. The van der Waals surface area contributed by atoms with Crippen molar-refractivity contribution in [3.63, 3.8) is 0 Å². The SMILES string of the molecule is O=C(CSc1ccncc1)NC(Cn1cccn1)c1ccccc1. The maximum Gasteiger partial charge on any atom is 0.230 e. The predicted octanol–water partition coefficient (Wildman–Crippen LogP) is 2.93. The Labute approximate surface area is 145 Å². The van der Waals surface area contributed by atoms with Gasteiger partial charge < -0.3 is 5.32 Å². The highest BCUT2D eigenvalue weighted by atomic mass is 32.2. The molecule has 2 aromatic heterocycles. The Hall–Kier alpha value is -2.60. The highest BCUT2D eigenvalue weighted by molar-refractivity contribution is 8.00. The van der Waals surface area contributed by atoms with E-state index in [0.29, 0.717) is 12.3 Å². The Bertz CT molecular complexity index is 747. The van der Waals surface area contributed by atoms with Crippen LogP contribution < -0.4 is 5.32 Å². The Balaban J connectivity index is 1.63. The van der Waals surface area contributed by atoms with E-state index in [1.165, 1.54) is 11.8 Å². The molecule has 1 amide bonds. The molecule has 6 heteroatoms. The Kier molecular flexibility index (Phi) is 5.63. The maximum absolute atomic E-state index is 12.4. The average Bonchev–Trinajstić information content (AvgIpc) is 3.14. The summed E-state index contributed by atoms with van der Waals surface area (Å²) in [6.45, 7) is 0.600. The van der Waals surface area contributed by atoms with E-state index >= 15 is 0 Å². The van der Waals surface area contributed by atoms with E-state index in [9.17, 15) is 4.79 Å². The van der Waals surface area contributed by atoms with Gasteiger partial charge in [-0.05, 0) is 23.8 Å². The number of aromatic nitrogens is 3. The molecule has 2 heterocycles. The molecule has 5 nitrogen and oxygen atoms in total. The summed E-state index contributed by atoms with van der Waals surface area (Å²) >= 11 is 1.50. The highest BCUT2D eigenvalue weighted by Crippen LogP contribution is 2.18. The lowest BCUT2D eigenvalue weighted by Crippen LogP contribution is -2.32. The number of benzene rings is 1. The van der Waals surface area contributed by atoms with Crippen LogP contribution in [0.2, 0.25) is 0 Å². The van der Waals surface area contributed by atoms with Gasteiger partial charge in [0.25, 0.3) is 0 Å². The van der Waals surface area contributed by atoms with Crippen molar-refractivity contribution in [1.82, 2.24) is 20.1 Å². The van der Waals surface area contributed by atoms with Crippen LogP contribution in [0.3, 0.4) is 0 Å². The van der Waals surface area contributed by atoms with Gasteiger partial charge in [-0.1, -0.05) is 30.3 Å². The number of nitrogens with zero attached hydrogens (tertiary/aromatic N) is 3. The number of carbonyl (C=O) groups excluding carboxylic acids is 1. The van der Waals surface area contributed by atoms with Crippen LogP contribution in [0, 0.1) is 0 Å². The molecule has 0 radical (unpaired) electrons. The minimum Gasteiger partial charge on any atom is -0.347 e. The van der Waals surface area contributed by atoms with Crippen molar-refractivity contribution in [2.24, 2.45) is 0 Å². The molecule has 24 heavy (non-hydrogen) atoms. The third-order valence-electron chi connectivity index (χ3n) is 3.49. The average molecular weight is 338 g/mol. The van der Waals surface area contributed by atoms with E-state index in [1.807, 2.05) is 59.4 Å². The van der Waals surface area contributed by atoms with Crippen LogP contribution in [-0.2, 0) is 11.3 Å². The Morgan fingerprint density at radius 3 is 2.58 bits per heavy atom. The first-order valence-corrected chi connectivity index (χ1v) is 8.64. The molecule has 0 fully saturated rings. The number of nitrogens with one attached hydrogen (secondary N) is 1. The van der Waals surface area contributed by atoms with Gasteiger partial charge in [-0.3, -0.25) is 14.5 Å². The second-order valence-electron chi connectivity index (χ2n) is 5.23. The molecule has 1 aromatic carbocycles. The van der Waals surface area contributed by atoms with Gasteiger partial charge in [-0.15, -0.1) is 11.8 Å². The van der Waals surface area contributed by atoms with Crippen molar-refractivity contribution in [3.05, 3.63) is 78.9 Å². The number of amides is 1. The second-order valence-corrected chi connectivity index (χ2v) is 6.28. The topological polar surface area (TPSA) is 59.8 Å². The number of hydrogen-bond acceptors (Lipinski definition) is 4. The molecule has 0 aliphatic carbocycles. The smallest absolute Gasteiger partial charge is 0.230 e. The first kappa shape index (κ1) is 16.3. The summed E-state index contributed by atoms with van der Waals surface area (Å²) in [6, 6.07) is 15.5. The largest absolute Gasteiger partial charge is 0.347 e. The van der Waals surface area contributed by atoms with E-state index in [0.717, 1.165) is 10.5 Å². The van der Waals surface area contributed by atoms with Crippen LogP contribution in [0.15, 0.2) is 78.2 Å². The van der Waals surface area contributed by atoms with E-state index in [2.05, 4.69) is 15.4 Å². The van der Waals surface area contributed by atoms with Gasteiger partial charge in [0.1, 0.15) is 0 Å². The molecule has 1 atom stereocenters. The molecule has 1 unspecified atom stereocenters. The van der Waals surface area contributed by atoms with Crippen molar-refractivity contribution < 1.29 is 4.79 Å². The van der Waals surface area contributed by atoms with Crippen molar-refractivity contribution in [2.45, 2.75) is 17.5 Å². The van der Waals surface area contributed by atoms with Crippen molar-refractivity contribution in [2.75, 3.05) is 5.75 Å². The van der Waals surface area contributed by atoms with Crippen LogP contribution >= 0.6 is 11.8 Å². The number of pyridine rings is 1. The fourth-order valence-electron chi connectivity index (χ4n) is 2.33. The lowest BCUT2D eigenvalue weighted by Gasteiger charge is -2.19. The highest BCUT2D eigenvalue weighted by Gasteiger charge is 2.15. The number of hydrogen-bond donors (Lipinski definition) is 1. The van der Waals surface area contributed by atoms with Crippen molar-refractivity contribution >= 4 is 17.7 Å². The molecule has 3 rings (SSSR count). The van der Waals surface area contributed by atoms with Crippen LogP contribution in [0.1, 0.15) is 11.6 Å². The summed E-state index contributed by atoms with van der Waals surface area (Å²) in [5.41, 5.74) is 1.07. The second kappa shape index (κ2) is 8.31. The van der Waals surface area contributed by atoms with Gasteiger partial charge in [0.05, 0.1) is 18.3 Å². The third-order valence-corrected chi connectivity index (χ3v) is 4.50. The van der Waals surface area contributed by atoms with E-state index in [4.69, 9.17) is 0 Å². The molecule has 0 aliphatic rings. The summed E-state index contributed by atoms with van der Waals surface area (Å²) in [6.07, 6.45) is 7.09. The molecule has 3 aromatic rings. The summed E-state index contributed by atoms with van der Waals surface area (Å²) < 4.78 is 1.83. The number of rotatable bonds is 7. The fraction of sp³-hybridized carbons (Fsp3) is 0.167. The lowest BCUT2D eigenvalue weighted by atomic mass is 10.1. The maximum atomic E-state index is 12.4. The van der Waals surface area contributed by atoms with E-state index < -0.39 is 0 Å². The molecule has 0 spiro atoms. The van der Waals surface area contributed by atoms with Gasteiger partial charge in [-0.2, -0.15) is 5.10 Å². The van der Waals surface area contributed by atoms with E-state index in [1.54, 1.807) is 18.6 Å². The Morgan fingerprint density at radius 1 is 1.08 bits per heavy atom. The standard InChI is InChI=1S/C18H18N4OS/c23-18(14-24-16-7-10-19-11-8-16)21-17(13-22-12-4-9-20-22)15-5-2-1-3-6-15/h1-12,17H,13-14H2,(H,21,23). The predicted molar refractivity (Wildman–Crippen MR) is 94.5 cm³/mol. The minimum atomic E-state index is -0.114. The molecular weight excluding hydrogens is 320 g/mol. The summed E-state index contributed by atoms with van der Waals surface area (Å²) in [5.74, 6) is 0.365. The van der Waals surface area contributed by atoms with Crippen LogP contribution in [0.25, 0.3) is 0 Å². The van der Waals surface area contributed by atoms with Crippen LogP contribution in [0.4, 0.5) is 0 Å². The molecule has 0 bridgehead atoms. The molecule has 0 aliphatic heterocycles. The molecule has 0 saturated carbocycles. The molecular formula is C18H18N4OS. The quantitative estimate of drug-likeness (QED) is 0.673. The number of carbonyl (C=O) groups is 1. The van der Waals surface area contributed by atoms with Gasteiger partial charge in [-0.25, -0.2) is 0 Å². The summed E-state index contributed by atoms with van der Waals surface area (Å²) in [5, 5.41) is 7.34. The van der Waals surface area contributed by atoms with Crippen molar-refractivity contribution in [1.29, 1.82) is 0 Å². The first-order valence-electron chi connectivity index (χ1n) is 7.66. The zero-order valence-electron chi connectivity index (χ0n) is 13.1. The molecule has 0 saturated heterocycles.